The fraction of sp³-hybridized carbons (Fsp3) is 0.625. The molecular formula is C16H22N2O2. The van der Waals surface area contributed by atoms with Gasteiger partial charge >= 0.3 is 0 Å². The molecule has 1 aliphatic carbocycles. The van der Waals surface area contributed by atoms with Crippen molar-refractivity contribution in [1.82, 2.24) is 9.88 Å². The van der Waals surface area contributed by atoms with Gasteiger partial charge in [-0.05, 0) is 24.8 Å². The highest BCUT2D eigenvalue weighted by Gasteiger charge is 2.50. The predicted molar refractivity (Wildman–Crippen MR) is 76.4 cm³/mol. The number of ether oxygens (including phenoxy) is 1. The standard InChI is InChI=1S/C16H22N2O2/c1-2-15(19)18-10-13-6-5-8-16(13,11-18)12-20-14-7-3-4-9-17-14/h3-4,7,9,13H,2,5-6,8,10-12H2,1H3/t13-,16-/m1/s1. The second-order valence-electron chi connectivity index (χ2n) is 6.04. The first-order valence-corrected chi connectivity index (χ1v) is 7.55. The molecule has 4 heteroatoms. The van der Waals surface area contributed by atoms with E-state index in [4.69, 9.17) is 4.74 Å². The number of hydrogen-bond acceptors (Lipinski definition) is 3. The Hall–Kier alpha value is -1.58. The minimum Gasteiger partial charge on any atom is -0.477 e. The van der Waals surface area contributed by atoms with Gasteiger partial charge in [0.05, 0.1) is 6.61 Å². The summed E-state index contributed by atoms with van der Waals surface area (Å²) >= 11 is 0. The van der Waals surface area contributed by atoms with Gasteiger partial charge in [-0.25, -0.2) is 4.98 Å². The van der Waals surface area contributed by atoms with Crippen LogP contribution >= 0.6 is 0 Å². The van der Waals surface area contributed by atoms with Crippen LogP contribution in [0.4, 0.5) is 0 Å². The van der Waals surface area contributed by atoms with Crippen LogP contribution in [0.25, 0.3) is 0 Å². The van der Waals surface area contributed by atoms with Crippen LogP contribution in [0.2, 0.25) is 0 Å². The van der Waals surface area contributed by atoms with Crippen molar-refractivity contribution in [3.05, 3.63) is 24.4 Å². The fourth-order valence-corrected chi connectivity index (χ4v) is 3.71. The maximum Gasteiger partial charge on any atom is 0.222 e. The number of amides is 1. The SMILES string of the molecule is CCC(=O)N1C[C@H]2CCC[C@]2(COc2ccccn2)C1. The van der Waals surface area contributed by atoms with Crippen LogP contribution in [0.3, 0.4) is 0 Å². The molecule has 0 unspecified atom stereocenters. The van der Waals surface area contributed by atoms with Crippen molar-refractivity contribution >= 4 is 5.91 Å². The molecule has 0 N–H and O–H groups in total. The van der Waals surface area contributed by atoms with E-state index < -0.39 is 0 Å². The van der Waals surface area contributed by atoms with E-state index in [1.54, 1.807) is 6.20 Å². The van der Waals surface area contributed by atoms with Gasteiger partial charge in [0.25, 0.3) is 0 Å². The van der Waals surface area contributed by atoms with Crippen LogP contribution in [-0.4, -0.2) is 35.5 Å². The lowest BCUT2D eigenvalue weighted by Gasteiger charge is -2.28. The van der Waals surface area contributed by atoms with E-state index in [1.807, 2.05) is 30.0 Å². The molecule has 1 amide bonds. The summed E-state index contributed by atoms with van der Waals surface area (Å²) < 4.78 is 5.91. The van der Waals surface area contributed by atoms with Gasteiger partial charge in [-0.3, -0.25) is 4.79 Å². The molecule has 2 heterocycles. The van der Waals surface area contributed by atoms with Crippen molar-refractivity contribution in [2.45, 2.75) is 32.6 Å². The minimum atomic E-state index is 0.155. The van der Waals surface area contributed by atoms with E-state index in [1.165, 1.54) is 12.8 Å². The van der Waals surface area contributed by atoms with Crippen LogP contribution in [0.5, 0.6) is 5.88 Å². The van der Waals surface area contributed by atoms with E-state index in [0.29, 0.717) is 24.8 Å². The lowest BCUT2D eigenvalue weighted by atomic mass is 9.81. The molecule has 20 heavy (non-hydrogen) atoms. The number of nitrogens with zero attached hydrogens (tertiary/aromatic N) is 2. The number of rotatable bonds is 4. The van der Waals surface area contributed by atoms with Crippen LogP contribution in [0.15, 0.2) is 24.4 Å². The maximum absolute atomic E-state index is 11.9. The van der Waals surface area contributed by atoms with E-state index in [9.17, 15) is 4.79 Å². The third-order valence-corrected chi connectivity index (χ3v) is 4.84. The number of aromatic nitrogens is 1. The zero-order valence-corrected chi connectivity index (χ0v) is 12.0. The van der Waals surface area contributed by atoms with Crippen LogP contribution in [-0.2, 0) is 4.79 Å². The Balaban J connectivity index is 1.68. The summed E-state index contributed by atoms with van der Waals surface area (Å²) in [5.41, 5.74) is 0.155. The molecule has 1 saturated carbocycles. The highest BCUT2D eigenvalue weighted by Crippen LogP contribution is 2.48. The second kappa shape index (κ2) is 5.43. The molecule has 4 nitrogen and oxygen atoms in total. The number of pyridine rings is 1. The summed E-state index contributed by atoms with van der Waals surface area (Å²) in [5.74, 6) is 1.56. The van der Waals surface area contributed by atoms with Gasteiger partial charge in [0.15, 0.2) is 0 Å². The molecule has 2 aliphatic rings. The molecule has 1 aliphatic heterocycles. The Kier molecular flexibility index (Phi) is 3.64. The molecule has 0 radical (unpaired) electrons. The third kappa shape index (κ3) is 2.39. The highest BCUT2D eigenvalue weighted by molar-refractivity contribution is 5.76. The monoisotopic (exact) mass is 274 g/mol. The van der Waals surface area contributed by atoms with Gasteiger partial charge in [-0.1, -0.05) is 19.4 Å². The summed E-state index contributed by atoms with van der Waals surface area (Å²) in [4.78, 5) is 18.2. The van der Waals surface area contributed by atoms with Gasteiger partial charge in [0.1, 0.15) is 0 Å². The summed E-state index contributed by atoms with van der Waals surface area (Å²) in [7, 11) is 0. The van der Waals surface area contributed by atoms with Crippen LogP contribution in [0.1, 0.15) is 32.6 Å². The molecule has 0 aromatic carbocycles. The molecule has 1 aromatic heterocycles. The summed E-state index contributed by atoms with van der Waals surface area (Å²) in [5, 5.41) is 0. The number of fused-ring (bicyclic) bond motifs is 1. The fourth-order valence-electron chi connectivity index (χ4n) is 3.71. The predicted octanol–water partition coefficient (Wildman–Crippen LogP) is 2.50. The Morgan fingerprint density at radius 2 is 2.45 bits per heavy atom. The van der Waals surface area contributed by atoms with Gasteiger partial charge in [0, 0.05) is 37.2 Å². The first kappa shape index (κ1) is 13.4. The van der Waals surface area contributed by atoms with Crippen molar-refractivity contribution in [1.29, 1.82) is 0 Å². The van der Waals surface area contributed by atoms with Crippen molar-refractivity contribution in [3.8, 4) is 5.88 Å². The summed E-state index contributed by atoms with van der Waals surface area (Å²) in [6.45, 7) is 4.39. The lowest BCUT2D eigenvalue weighted by Crippen LogP contribution is -2.35. The summed E-state index contributed by atoms with van der Waals surface area (Å²) in [6, 6.07) is 5.72. The van der Waals surface area contributed by atoms with Gasteiger partial charge in [0.2, 0.25) is 11.8 Å². The minimum absolute atomic E-state index is 0.155. The first-order valence-electron chi connectivity index (χ1n) is 7.55. The van der Waals surface area contributed by atoms with Crippen molar-refractivity contribution < 1.29 is 9.53 Å². The average molecular weight is 274 g/mol. The topological polar surface area (TPSA) is 42.4 Å². The Morgan fingerprint density at radius 3 is 3.20 bits per heavy atom. The number of likely N-dealkylation sites (tertiary alicyclic amines) is 1. The molecule has 2 fully saturated rings. The largest absolute Gasteiger partial charge is 0.477 e. The average Bonchev–Trinajstić information content (AvgIpc) is 3.02. The molecular weight excluding hydrogens is 252 g/mol. The summed E-state index contributed by atoms with van der Waals surface area (Å²) in [6.07, 6.45) is 5.99. The Bertz CT molecular complexity index is 477. The molecule has 0 spiro atoms. The zero-order chi connectivity index (χ0) is 14.0. The number of hydrogen-bond donors (Lipinski definition) is 0. The second-order valence-corrected chi connectivity index (χ2v) is 6.04. The van der Waals surface area contributed by atoms with Gasteiger partial charge in [-0.15, -0.1) is 0 Å². The normalized spacial score (nSPS) is 28.4. The molecule has 2 atom stereocenters. The number of carbonyl (C=O) groups excluding carboxylic acids is 1. The van der Waals surface area contributed by atoms with Gasteiger partial charge < -0.3 is 9.64 Å². The Morgan fingerprint density at radius 1 is 1.55 bits per heavy atom. The van der Waals surface area contributed by atoms with Crippen molar-refractivity contribution in [2.24, 2.45) is 11.3 Å². The first-order chi connectivity index (χ1) is 9.73. The molecule has 0 bridgehead atoms. The molecule has 3 rings (SSSR count). The van der Waals surface area contributed by atoms with Gasteiger partial charge in [-0.2, -0.15) is 0 Å². The molecule has 108 valence electrons. The quantitative estimate of drug-likeness (QED) is 0.847. The molecule has 1 saturated heterocycles. The van der Waals surface area contributed by atoms with E-state index in [-0.39, 0.29) is 11.3 Å². The Labute approximate surface area is 120 Å². The van der Waals surface area contributed by atoms with Crippen LogP contribution < -0.4 is 4.74 Å². The van der Waals surface area contributed by atoms with E-state index in [0.717, 1.165) is 19.5 Å². The zero-order valence-electron chi connectivity index (χ0n) is 12.0. The van der Waals surface area contributed by atoms with Crippen molar-refractivity contribution in [3.63, 3.8) is 0 Å². The highest BCUT2D eigenvalue weighted by atomic mass is 16.5. The lowest BCUT2D eigenvalue weighted by molar-refractivity contribution is -0.130. The van der Waals surface area contributed by atoms with E-state index in [2.05, 4.69) is 4.98 Å². The van der Waals surface area contributed by atoms with Crippen molar-refractivity contribution in [2.75, 3.05) is 19.7 Å². The smallest absolute Gasteiger partial charge is 0.222 e. The number of carbonyl (C=O) groups is 1. The van der Waals surface area contributed by atoms with Crippen LogP contribution in [0, 0.1) is 11.3 Å². The maximum atomic E-state index is 11.9. The van der Waals surface area contributed by atoms with E-state index >= 15 is 0 Å². The molecule has 1 aromatic rings. The third-order valence-electron chi connectivity index (χ3n) is 4.84.